The second kappa shape index (κ2) is 7.50. The molecular weight excluding hydrogens is 366 g/mol. The minimum Gasteiger partial charge on any atom is -0.348 e. The van der Waals surface area contributed by atoms with E-state index in [1.54, 1.807) is 18.0 Å². The van der Waals surface area contributed by atoms with E-state index in [0.717, 1.165) is 15.6 Å². The molecule has 0 radical (unpaired) electrons. The van der Waals surface area contributed by atoms with Crippen LogP contribution in [0.2, 0.25) is 0 Å². The van der Waals surface area contributed by atoms with Crippen molar-refractivity contribution in [2.75, 3.05) is 19.6 Å². The average Bonchev–Trinajstić information content (AvgIpc) is 3.12. The molecule has 0 spiro atoms. The molecule has 1 aromatic carbocycles. The van der Waals surface area contributed by atoms with Gasteiger partial charge in [0.1, 0.15) is 0 Å². The number of hydrogen-bond acceptors (Lipinski definition) is 6. The highest BCUT2D eigenvalue weighted by atomic mass is 32.2. The molecular formula is C19H21N3O2S2. The van der Waals surface area contributed by atoms with Crippen molar-refractivity contribution in [1.29, 1.82) is 0 Å². The van der Waals surface area contributed by atoms with Gasteiger partial charge in [0.25, 0.3) is 5.91 Å². The van der Waals surface area contributed by atoms with Crippen LogP contribution in [0.25, 0.3) is 0 Å². The number of rotatable bonds is 5. The van der Waals surface area contributed by atoms with Crippen LogP contribution in [0.15, 0.2) is 39.6 Å². The van der Waals surface area contributed by atoms with Gasteiger partial charge in [-0.2, -0.15) is 0 Å². The van der Waals surface area contributed by atoms with E-state index in [0.29, 0.717) is 16.5 Å². The van der Waals surface area contributed by atoms with E-state index < -0.39 is 0 Å². The number of amides is 1. The number of Topliss-reactive ketones (excluding diaryl/α,β-unsaturated/α-hetero) is 1. The van der Waals surface area contributed by atoms with Crippen LogP contribution >= 0.6 is 23.1 Å². The van der Waals surface area contributed by atoms with E-state index in [1.807, 2.05) is 24.3 Å². The summed E-state index contributed by atoms with van der Waals surface area (Å²) < 4.78 is 0.972. The first kappa shape index (κ1) is 17.7. The lowest BCUT2D eigenvalue weighted by Crippen LogP contribution is -2.57. The summed E-state index contributed by atoms with van der Waals surface area (Å²) in [7, 11) is 0. The van der Waals surface area contributed by atoms with Gasteiger partial charge >= 0.3 is 0 Å². The molecule has 5 rings (SSSR count). The largest absolute Gasteiger partial charge is 0.348 e. The molecule has 136 valence electrons. The van der Waals surface area contributed by atoms with Gasteiger partial charge in [0.05, 0.1) is 10.4 Å². The van der Waals surface area contributed by atoms with Crippen LogP contribution in [0.3, 0.4) is 0 Å². The average molecular weight is 388 g/mol. The van der Waals surface area contributed by atoms with Crippen molar-refractivity contribution in [3.8, 4) is 0 Å². The summed E-state index contributed by atoms with van der Waals surface area (Å²) in [5, 5.41) is 3.75. The molecule has 7 heteroatoms. The number of nitrogens with zero attached hydrogens (tertiary/aromatic N) is 2. The fraction of sp³-hybridized carbons (Fsp3) is 0.421. The number of aromatic nitrogens is 1. The van der Waals surface area contributed by atoms with Gasteiger partial charge < -0.3 is 10.2 Å². The van der Waals surface area contributed by atoms with Gasteiger partial charge in [-0.05, 0) is 56.1 Å². The third-order valence-electron chi connectivity index (χ3n) is 5.09. The summed E-state index contributed by atoms with van der Waals surface area (Å²) >= 11 is 2.95. The van der Waals surface area contributed by atoms with Gasteiger partial charge in [-0.3, -0.25) is 9.59 Å². The highest BCUT2D eigenvalue weighted by molar-refractivity contribution is 8.01. The van der Waals surface area contributed by atoms with E-state index in [-0.39, 0.29) is 17.7 Å². The van der Waals surface area contributed by atoms with E-state index in [1.165, 1.54) is 44.2 Å². The molecule has 1 amide bonds. The summed E-state index contributed by atoms with van der Waals surface area (Å²) in [5.74, 6) is 0.624. The molecule has 2 bridgehead atoms. The number of carbonyl (C=O) groups is 2. The Morgan fingerprint density at radius 1 is 1.23 bits per heavy atom. The molecule has 1 N–H and O–H groups in total. The maximum atomic E-state index is 12.6. The Morgan fingerprint density at radius 2 is 1.96 bits per heavy atom. The first-order valence-electron chi connectivity index (χ1n) is 8.86. The molecule has 5 nitrogen and oxygen atoms in total. The summed E-state index contributed by atoms with van der Waals surface area (Å²) in [5.41, 5.74) is 0.694. The zero-order valence-electron chi connectivity index (χ0n) is 14.6. The van der Waals surface area contributed by atoms with Gasteiger partial charge in [-0.15, -0.1) is 11.3 Å². The second-order valence-corrected chi connectivity index (χ2v) is 9.29. The maximum Gasteiger partial charge on any atom is 0.251 e. The topological polar surface area (TPSA) is 62.3 Å². The van der Waals surface area contributed by atoms with Crippen LogP contribution in [0.4, 0.5) is 0 Å². The van der Waals surface area contributed by atoms with Crippen LogP contribution in [0.1, 0.15) is 39.9 Å². The SMILES string of the molecule is CC(=O)c1ncc(Sc2ccc(C(=O)N[C@H]3CN4CCC3CC4)cc2)s1. The number of benzene rings is 1. The van der Waals surface area contributed by atoms with Gasteiger partial charge in [0.2, 0.25) is 0 Å². The molecule has 3 aliphatic heterocycles. The second-order valence-electron chi connectivity index (χ2n) is 6.89. The highest BCUT2D eigenvalue weighted by Gasteiger charge is 2.34. The molecule has 0 aliphatic carbocycles. The van der Waals surface area contributed by atoms with E-state index in [4.69, 9.17) is 0 Å². The molecule has 3 saturated heterocycles. The lowest BCUT2D eigenvalue weighted by Gasteiger charge is -2.44. The Labute approximate surface area is 161 Å². The van der Waals surface area contributed by atoms with Crippen molar-refractivity contribution >= 4 is 34.8 Å². The lowest BCUT2D eigenvalue weighted by molar-refractivity contribution is 0.0620. The first-order valence-corrected chi connectivity index (χ1v) is 10.5. The Hall–Kier alpha value is -1.70. The fourth-order valence-corrected chi connectivity index (χ4v) is 5.49. The monoisotopic (exact) mass is 387 g/mol. The number of nitrogens with one attached hydrogen (secondary N) is 1. The summed E-state index contributed by atoms with van der Waals surface area (Å²) in [4.78, 5) is 31.5. The molecule has 2 aromatic rings. The number of hydrogen-bond donors (Lipinski definition) is 1. The molecule has 3 aliphatic rings. The fourth-order valence-electron chi connectivity index (χ4n) is 3.64. The molecule has 0 saturated carbocycles. The van der Waals surface area contributed by atoms with Crippen molar-refractivity contribution in [2.45, 2.75) is 34.9 Å². The molecule has 3 fully saturated rings. The van der Waals surface area contributed by atoms with Crippen molar-refractivity contribution < 1.29 is 9.59 Å². The molecule has 26 heavy (non-hydrogen) atoms. The third kappa shape index (κ3) is 3.84. The molecule has 1 aromatic heterocycles. The van der Waals surface area contributed by atoms with Crippen LogP contribution in [-0.4, -0.2) is 47.3 Å². The van der Waals surface area contributed by atoms with Gasteiger partial charge in [-0.1, -0.05) is 11.8 Å². The van der Waals surface area contributed by atoms with Gasteiger partial charge in [0, 0.05) is 30.0 Å². The quantitative estimate of drug-likeness (QED) is 0.798. The molecule has 0 unspecified atom stereocenters. The minimum atomic E-state index is -0.0124. The zero-order chi connectivity index (χ0) is 18.1. The van der Waals surface area contributed by atoms with Gasteiger partial charge in [-0.25, -0.2) is 4.98 Å². The Kier molecular flexibility index (Phi) is 5.11. The van der Waals surface area contributed by atoms with Crippen LogP contribution < -0.4 is 5.32 Å². The van der Waals surface area contributed by atoms with Crippen molar-refractivity contribution in [2.24, 2.45) is 5.92 Å². The van der Waals surface area contributed by atoms with Crippen molar-refractivity contribution in [3.63, 3.8) is 0 Å². The smallest absolute Gasteiger partial charge is 0.251 e. The molecule has 1 atom stereocenters. The number of fused-ring (bicyclic) bond motifs is 3. The number of ketones is 1. The normalized spacial score (nSPS) is 24.4. The maximum absolute atomic E-state index is 12.6. The van der Waals surface area contributed by atoms with Crippen LogP contribution in [0, 0.1) is 5.92 Å². The predicted molar refractivity (Wildman–Crippen MR) is 103 cm³/mol. The Balaban J connectivity index is 1.37. The van der Waals surface area contributed by atoms with Crippen molar-refractivity contribution in [3.05, 3.63) is 41.0 Å². The van der Waals surface area contributed by atoms with Crippen LogP contribution in [-0.2, 0) is 0 Å². The lowest BCUT2D eigenvalue weighted by atomic mass is 9.84. The Bertz CT molecular complexity index is 810. The van der Waals surface area contributed by atoms with E-state index in [9.17, 15) is 9.59 Å². The van der Waals surface area contributed by atoms with Gasteiger partial charge in [0.15, 0.2) is 10.8 Å². The number of carbonyl (C=O) groups excluding carboxylic acids is 2. The zero-order valence-corrected chi connectivity index (χ0v) is 16.2. The van der Waals surface area contributed by atoms with E-state index in [2.05, 4.69) is 15.2 Å². The highest BCUT2D eigenvalue weighted by Crippen LogP contribution is 2.32. The molecule has 4 heterocycles. The predicted octanol–water partition coefficient (Wildman–Crippen LogP) is 3.32. The summed E-state index contributed by atoms with van der Waals surface area (Å²) in [6, 6.07) is 7.91. The van der Waals surface area contributed by atoms with E-state index >= 15 is 0 Å². The number of piperidine rings is 3. The number of thiazole rings is 1. The first-order chi connectivity index (χ1) is 12.6. The minimum absolute atomic E-state index is 0.0111. The van der Waals surface area contributed by atoms with Crippen LogP contribution in [0.5, 0.6) is 0 Å². The summed E-state index contributed by atoms with van der Waals surface area (Å²) in [6.07, 6.45) is 4.11. The standard InChI is InChI=1S/C19H21N3O2S2/c1-12(23)19-20-10-17(26-19)25-15-4-2-14(3-5-15)18(24)21-16-11-22-8-6-13(16)7-9-22/h2-5,10,13,16H,6-9,11H2,1H3,(H,21,24)/t16-/m0/s1. The Morgan fingerprint density at radius 3 is 2.54 bits per heavy atom. The van der Waals surface area contributed by atoms with Crippen molar-refractivity contribution in [1.82, 2.24) is 15.2 Å². The third-order valence-corrected chi connectivity index (χ3v) is 7.30. The summed E-state index contributed by atoms with van der Waals surface area (Å²) in [6.45, 7) is 4.85.